The molecule has 0 fully saturated rings. The minimum atomic E-state index is -0.502. The SMILES string of the molecule is CC(CO)NC(=O)c1cnccc1Nc1cc(-c2ccccc2F)c(=O)[nH]c1C(C)C. The Morgan fingerprint density at radius 2 is 1.90 bits per heavy atom. The van der Waals surface area contributed by atoms with Crippen molar-refractivity contribution in [3.05, 3.63) is 76.2 Å². The first kappa shape index (κ1) is 22.2. The van der Waals surface area contributed by atoms with Gasteiger partial charge in [-0.2, -0.15) is 0 Å². The molecule has 0 spiro atoms. The van der Waals surface area contributed by atoms with Crippen LogP contribution in [0.15, 0.2) is 53.6 Å². The summed E-state index contributed by atoms with van der Waals surface area (Å²) in [7, 11) is 0. The van der Waals surface area contributed by atoms with E-state index in [1.165, 1.54) is 18.5 Å². The van der Waals surface area contributed by atoms with Crippen molar-refractivity contribution in [2.45, 2.75) is 32.7 Å². The van der Waals surface area contributed by atoms with Crippen LogP contribution in [0.4, 0.5) is 15.8 Å². The number of aromatic amines is 1. The number of benzene rings is 1. The van der Waals surface area contributed by atoms with E-state index >= 15 is 0 Å². The van der Waals surface area contributed by atoms with E-state index in [1.54, 1.807) is 37.3 Å². The number of aromatic nitrogens is 2. The number of nitrogens with zero attached hydrogens (tertiary/aromatic N) is 1. The Morgan fingerprint density at radius 1 is 1.16 bits per heavy atom. The van der Waals surface area contributed by atoms with Crippen molar-refractivity contribution in [3.8, 4) is 11.1 Å². The van der Waals surface area contributed by atoms with Crippen LogP contribution in [-0.2, 0) is 0 Å². The van der Waals surface area contributed by atoms with Gasteiger partial charge in [0.2, 0.25) is 0 Å². The third kappa shape index (κ3) is 4.97. The molecule has 3 aromatic rings. The molecule has 0 aliphatic heterocycles. The molecule has 1 unspecified atom stereocenters. The van der Waals surface area contributed by atoms with E-state index in [-0.39, 0.29) is 29.2 Å². The number of aliphatic hydroxyl groups excluding tert-OH is 1. The quantitative estimate of drug-likeness (QED) is 0.464. The average Bonchev–Trinajstić information content (AvgIpc) is 2.75. The normalized spacial score (nSPS) is 11.9. The fraction of sp³-hybridized carbons (Fsp3) is 0.261. The predicted octanol–water partition coefficient (Wildman–Crippen LogP) is 3.55. The zero-order valence-electron chi connectivity index (χ0n) is 17.6. The highest BCUT2D eigenvalue weighted by molar-refractivity contribution is 6.00. The molecule has 8 heteroatoms. The summed E-state index contributed by atoms with van der Waals surface area (Å²) in [6.07, 6.45) is 2.95. The van der Waals surface area contributed by atoms with Gasteiger partial charge in [0, 0.05) is 29.7 Å². The van der Waals surface area contributed by atoms with Crippen LogP contribution >= 0.6 is 0 Å². The molecule has 7 nitrogen and oxygen atoms in total. The molecule has 31 heavy (non-hydrogen) atoms. The van der Waals surface area contributed by atoms with Gasteiger partial charge in [0.05, 0.1) is 29.1 Å². The van der Waals surface area contributed by atoms with E-state index in [4.69, 9.17) is 0 Å². The second-order valence-corrected chi connectivity index (χ2v) is 7.58. The van der Waals surface area contributed by atoms with Crippen molar-refractivity contribution in [1.29, 1.82) is 0 Å². The lowest BCUT2D eigenvalue weighted by Crippen LogP contribution is -2.35. The zero-order valence-corrected chi connectivity index (χ0v) is 17.6. The van der Waals surface area contributed by atoms with Gasteiger partial charge in [-0.15, -0.1) is 0 Å². The number of aliphatic hydroxyl groups is 1. The average molecular weight is 424 g/mol. The molecule has 0 radical (unpaired) electrons. The van der Waals surface area contributed by atoms with Crippen molar-refractivity contribution in [2.75, 3.05) is 11.9 Å². The summed E-state index contributed by atoms with van der Waals surface area (Å²) in [5.41, 5.74) is 1.87. The number of amides is 1. The van der Waals surface area contributed by atoms with E-state index in [0.717, 1.165) is 0 Å². The van der Waals surface area contributed by atoms with Crippen molar-refractivity contribution in [3.63, 3.8) is 0 Å². The molecule has 0 aliphatic rings. The standard InChI is InChI=1S/C23H25FN4O3/c1-13(2)21-20(10-16(22(30)28-21)15-6-4-5-7-18(15)24)27-19-8-9-25-11-17(19)23(31)26-14(3)12-29/h4-11,13-14,29H,12H2,1-3H3,(H,25,27)(H,26,31)(H,28,30). The van der Waals surface area contributed by atoms with Crippen LogP contribution in [0.2, 0.25) is 0 Å². The van der Waals surface area contributed by atoms with Crippen LogP contribution in [0.3, 0.4) is 0 Å². The molecule has 1 amide bonds. The van der Waals surface area contributed by atoms with Gasteiger partial charge < -0.3 is 20.7 Å². The number of nitrogens with one attached hydrogen (secondary N) is 3. The van der Waals surface area contributed by atoms with Gasteiger partial charge in [-0.25, -0.2) is 4.39 Å². The molecular formula is C23H25FN4O3. The fourth-order valence-electron chi connectivity index (χ4n) is 3.16. The second kappa shape index (κ2) is 9.53. The third-order valence-electron chi connectivity index (χ3n) is 4.80. The number of H-pyrrole nitrogens is 1. The molecule has 0 saturated carbocycles. The maximum absolute atomic E-state index is 14.3. The Labute approximate surface area is 179 Å². The van der Waals surface area contributed by atoms with Crippen LogP contribution in [-0.4, -0.2) is 33.6 Å². The molecule has 0 saturated heterocycles. The highest BCUT2D eigenvalue weighted by atomic mass is 19.1. The molecule has 4 N–H and O–H groups in total. The molecular weight excluding hydrogens is 399 g/mol. The summed E-state index contributed by atoms with van der Waals surface area (Å²) >= 11 is 0. The van der Waals surface area contributed by atoms with Gasteiger partial charge in [-0.05, 0) is 31.0 Å². The van der Waals surface area contributed by atoms with Gasteiger partial charge in [0.15, 0.2) is 0 Å². The van der Waals surface area contributed by atoms with E-state index in [1.807, 2.05) is 13.8 Å². The van der Waals surface area contributed by atoms with E-state index in [2.05, 4.69) is 20.6 Å². The van der Waals surface area contributed by atoms with Gasteiger partial charge in [0.25, 0.3) is 11.5 Å². The Bertz CT molecular complexity index is 1140. The number of carbonyl (C=O) groups excluding carboxylic acids is 1. The summed E-state index contributed by atoms with van der Waals surface area (Å²) in [6.45, 7) is 5.32. The largest absolute Gasteiger partial charge is 0.394 e. The molecule has 1 aromatic carbocycles. The topological polar surface area (TPSA) is 107 Å². The Morgan fingerprint density at radius 3 is 2.58 bits per heavy atom. The highest BCUT2D eigenvalue weighted by Gasteiger charge is 2.18. The number of hydrogen-bond acceptors (Lipinski definition) is 5. The van der Waals surface area contributed by atoms with E-state index in [9.17, 15) is 19.1 Å². The molecule has 162 valence electrons. The summed E-state index contributed by atoms with van der Waals surface area (Å²) in [4.78, 5) is 32.2. The Balaban J connectivity index is 2.08. The zero-order chi connectivity index (χ0) is 22.5. The Hall–Kier alpha value is -3.52. The predicted molar refractivity (Wildman–Crippen MR) is 118 cm³/mol. The van der Waals surface area contributed by atoms with Crippen LogP contribution in [0.5, 0.6) is 0 Å². The second-order valence-electron chi connectivity index (χ2n) is 7.58. The molecule has 2 aromatic heterocycles. The number of carbonyl (C=O) groups is 1. The van der Waals surface area contributed by atoms with Crippen LogP contribution in [0.1, 0.15) is 42.7 Å². The van der Waals surface area contributed by atoms with Crippen LogP contribution in [0.25, 0.3) is 11.1 Å². The maximum atomic E-state index is 14.3. The Kier molecular flexibility index (Phi) is 6.81. The first-order chi connectivity index (χ1) is 14.8. The monoisotopic (exact) mass is 424 g/mol. The van der Waals surface area contributed by atoms with E-state index in [0.29, 0.717) is 17.1 Å². The lowest BCUT2D eigenvalue weighted by molar-refractivity contribution is 0.0923. The van der Waals surface area contributed by atoms with Gasteiger partial charge in [0.1, 0.15) is 5.82 Å². The first-order valence-electron chi connectivity index (χ1n) is 9.96. The summed E-state index contributed by atoms with van der Waals surface area (Å²) in [5, 5.41) is 15.1. The van der Waals surface area contributed by atoms with Crippen LogP contribution < -0.4 is 16.2 Å². The number of pyridine rings is 2. The number of hydrogen-bond donors (Lipinski definition) is 4. The van der Waals surface area contributed by atoms with Crippen molar-refractivity contribution in [2.24, 2.45) is 0 Å². The minimum absolute atomic E-state index is 0.0432. The summed E-state index contributed by atoms with van der Waals surface area (Å²) in [5.74, 6) is -0.946. The van der Waals surface area contributed by atoms with Gasteiger partial charge in [-0.3, -0.25) is 14.6 Å². The maximum Gasteiger partial charge on any atom is 0.256 e. The van der Waals surface area contributed by atoms with E-state index < -0.39 is 23.3 Å². The minimum Gasteiger partial charge on any atom is -0.394 e. The number of halogens is 1. The molecule has 0 bridgehead atoms. The molecule has 2 heterocycles. The van der Waals surface area contributed by atoms with Crippen molar-refractivity contribution >= 4 is 17.3 Å². The fourth-order valence-corrected chi connectivity index (χ4v) is 3.16. The molecule has 1 atom stereocenters. The third-order valence-corrected chi connectivity index (χ3v) is 4.80. The molecule has 0 aliphatic carbocycles. The first-order valence-corrected chi connectivity index (χ1v) is 9.96. The lowest BCUT2D eigenvalue weighted by Gasteiger charge is -2.18. The van der Waals surface area contributed by atoms with Crippen LogP contribution in [0, 0.1) is 5.82 Å². The summed E-state index contributed by atoms with van der Waals surface area (Å²) in [6, 6.07) is 8.86. The smallest absolute Gasteiger partial charge is 0.256 e. The van der Waals surface area contributed by atoms with Gasteiger partial charge >= 0.3 is 0 Å². The van der Waals surface area contributed by atoms with Crippen molar-refractivity contribution in [1.82, 2.24) is 15.3 Å². The number of rotatable bonds is 7. The highest BCUT2D eigenvalue weighted by Crippen LogP contribution is 2.30. The van der Waals surface area contributed by atoms with Gasteiger partial charge in [-0.1, -0.05) is 32.0 Å². The number of anilines is 2. The summed E-state index contributed by atoms with van der Waals surface area (Å²) < 4.78 is 14.3. The van der Waals surface area contributed by atoms with Crippen molar-refractivity contribution < 1.29 is 14.3 Å². The lowest BCUT2D eigenvalue weighted by atomic mass is 10.0. The molecule has 3 rings (SSSR count).